The summed E-state index contributed by atoms with van der Waals surface area (Å²) in [6, 6.07) is 9.61. The number of hydrogen-bond acceptors (Lipinski definition) is 5. The maximum atomic E-state index is 13.2. The summed E-state index contributed by atoms with van der Waals surface area (Å²) in [6.45, 7) is 3.03. The Hall–Kier alpha value is -2.91. The Morgan fingerprint density at radius 3 is 2.32 bits per heavy atom. The molecule has 0 fully saturated rings. The molecule has 10 heteroatoms. The second-order valence-electron chi connectivity index (χ2n) is 5.92. The third-order valence-corrected chi connectivity index (χ3v) is 5.73. The molecule has 0 saturated carbocycles. The van der Waals surface area contributed by atoms with Crippen LogP contribution in [0.15, 0.2) is 51.9 Å². The molecular formula is C18H15ClFN3O4S. The lowest BCUT2D eigenvalue weighted by molar-refractivity contribution is 0.102. The number of anilines is 2. The Balaban J connectivity index is 1.74. The van der Waals surface area contributed by atoms with Crippen molar-refractivity contribution >= 4 is 38.9 Å². The molecule has 1 aromatic heterocycles. The Morgan fingerprint density at radius 1 is 1.11 bits per heavy atom. The van der Waals surface area contributed by atoms with Crippen molar-refractivity contribution in [2.24, 2.45) is 0 Å². The van der Waals surface area contributed by atoms with Gasteiger partial charge in [-0.3, -0.25) is 9.52 Å². The van der Waals surface area contributed by atoms with Crippen molar-refractivity contribution in [2.45, 2.75) is 18.7 Å². The molecule has 146 valence electrons. The van der Waals surface area contributed by atoms with Gasteiger partial charge in [-0.1, -0.05) is 16.8 Å². The number of nitrogens with zero attached hydrogens (tertiary/aromatic N) is 1. The van der Waals surface area contributed by atoms with E-state index >= 15 is 0 Å². The predicted octanol–water partition coefficient (Wildman–Crippen LogP) is 4.14. The number of aryl methyl sites for hydroxylation is 2. The Morgan fingerprint density at radius 2 is 1.75 bits per heavy atom. The topological polar surface area (TPSA) is 101 Å². The molecule has 0 unspecified atom stereocenters. The van der Waals surface area contributed by atoms with Crippen LogP contribution in [0.5, 0.6) is 0 Å². The fourth-order valence-electron chi connectivity index (χ4n) is 2.53. The summed E-state index contributed by atoms with van der Waals surface area (Å²) >= 11 is 5.69. The van der Waals surface area contributed by atoms with Gasteiger partial charge in [-0.05, 0) is 56.3 Å². The number of aromatic nitrogens is 1. The van der Waals surface area contributed by atoms with Crippen molar-refractivity contribution in [3.05, 3.63) is 70.3 Å². The number of nitrogens with one attached hydrogen (secondary N) is 2. The molecular weight excluding hydrogens is 409 g/mol. The van der Waals surface area contributed by atoms with E-state index in [2.05, 4.69) is 15.2 Å². The van der Waals surface area contributed by atoms with Gasteiger partial charge in [0.1, 0.15) is 11.5 Å². The van der Waals surface area contributed by atoms with Crippen molar-refractivity contribution < 1.29 is 22.1 Å². The fraction of sp³-hybridized carbons (Fsp3) is 0.111. The van der Waals surface area contributed by atoms with Crippen LogP contribution >= 0.6 is 11.6 Å². The molecule has 2 aromatic carbocycles. The second kappa shape index (κ2) is 7.61. The molecule has 0 saturated heterocycles. The Kier molecular flexibility index (Phi) is 5.39. The summed E-state index contributed by atoms with van der Waals surface area (Å²) in [6.07, 6.45) is 0. The maximum absolute atomic E-state index is 13.2. The smallest absolute Gasteiger partial charge is 0.267 e. The van der Waals surface area contributed by atoms with Gasteiger partial charge in [-0.25, -0.2) is 12.8 Å². The van der Waals surface area contributed by atoms with Crippen LogP contribution in [0.2, 0.25) is 5.02 Å². The van der Waals surface area contributed by atoms with Gasteiger partial charge in [0, 0.05) is 16.9 Å². The quantitative estimate of drug-likeness (QED) is 0.642. The second-order valence-corrected chi connectivity index (χ2v) is 7.95. The average Bonchev–Trinajstić information content (AvgIpc) is 2.97. The standard InChI is InChI=1S/C18H15ClFN3O4S/c1-10-17(11(2)27-22-10)28(25,26)23-13-5-3-12(4-6-13)18(24)21-14-7-8-16(20)15(19)9-14/h3-9,23H,1-2H3,(H,21,24). The molecule has 0 bridgehead atoms. The van der Waals surface area contributed by atoms with Crippen LogP contribution in [0.4, 0.5) is 15.8 Å². The van der Waals surface area contributed by atoms with Crippen molar-refractivity contribution in [1.29, 1.82) is 0 Å². The van der Waals surface area contributed by atoms with Crippen LogP contribution in [0, 0.1) is 19.7 Å². The highest BCUT2D eigenvalue weighted by atomic mass is 35.5. The zero-order valence-corrected chi connectivity index (χ0v) is 16.4. The predicted molar refractivity (Wildman–Crippen MR) is 103 cm³/mol. The highest BCUT2D eigenvalue weighted by molar-refractivity contribution is 7.92. The van der Waals surface area contributed by atoms with Gasteiger partial charge in [-0.15, -0.1) is 0 Å². The van der Waals surface area contributed by atoms with Gasteiger partial charge in [-0.2, -0.15) is 0 Å². The van der Waals surface area contributed by atoms with Crippen LogP contribution in [0.1, 0.15) is 21.8 Å². The number of halogens is 2. The molecule has 3 rings (SSSR count). The summed E-state index contributed by atoms with van der Waals surface area (Å²) in [5, 5.41) is 6.11. The van der Waals surface area contributed by atoms with E-state index in [9.17, 15) is 17.6 Å². The number of sulfonamides is 1. The van der Waals surface area contributed by atoms with Gasteiger partial charge < -0.3 is 9.84 Å². The number of amides is 1. The third-order valence-electron chi connectivity index (χ3n) is 3.81. The lowest BCUT2D eigenvalue weighted by atomic mass is 10.2. The van der Waals surface area contributed by atoms with E-state index in [0.717, 1.165) is 6.07 Å². The first kappa shape index (κ1) is 19.8. The highest BCUT2D eigenvalue weighted by Crippen LogP contribution is 2.23. The van der Waals surface area contributed by atoms with Crippen LogP contribution in [0.25, 0.3) is 0 Å². The van der Waals surface area contributed by atoms with E-state index < -0.39 is 21.7 Å². The Bertz CT molecular complexity index is 1120. The third kappa shape index (κ3) is 4.15. The van der Waals surface area contributed by atoms with E-state index in [-0.39, 0.29) is 32.6 Å². The first-order chi connectivity index (χ1) is 13.2. The van der Waals surface area contributed by atoms with E-state index in [0.29, 0.717) is 5.69 Å². The number of benzene rings is 2. The summed E-state index contributed by atoms with van der Waals surface area (Å²) in [7, 11) is -3.88. The van der Waals surface area contributed by atoms with E-state index in [1.54, 1.807) is 0 Å². The fourth-order valence-corrected chi connectivity index (χ4v) is 4.10. The SMILES string of the molecule is Cc1noc(C)c1S(=O)(=O)Nc1ccc(C(=O)Nc2ccc(F)c(Cl)c2)cc1. The van der Waals surface area contributed by atoms with Gasteiger partial charge >= 0.3 is 0 Å². The van der Waals surface area contributed by atoms with Gasteiger partial charge in [0.2, 0.25) is 0 Å². The maximum Gasteiger partial charge on any atom is 0.267 e. The molecule has 0 aliphatic carbocycles. The molecule has 0 atom stereocenters. The van der Waals surface area contributed by atoms with E-state index in [1.807, 2.05) is 0 Å². The number of carbonyl (C=O) groups excluding carboxylic acids is 1. The van der Waals surface area contributed by atoms with Crippen molar-refractivity contribution in [2.75, 3.05) is 10.0 Å². The van der Waals surface area contributed by atoms with E-state index in [4.69, 9.17) is 16.1 Å². The summed E-state index contributed by atoms with van der Waals surface area (Å²) in [5.41, 5.74) is 1.13. The molecule has 0 aliphatic heterocycles. The van der Waals surface area contributed by atoms with Crippen molar-refractivity contribution in [3.8, 4) is 0 Å². The van der Waals surface area contributed by atoms with Crippen LogP contribution in [0.3, 0.4) is 0 Å². The first-order valence-electron chi connectivity index (χ1n) is 7.99. The normalized spacial score (nSPS) is 11.3. The molecule has 0 aliphatic rings. The molecule has 3 aromatic rings. The molecule has 7 nitrogen and oxygen atoms in total. The zero-order chi connectivity index (χ0) is 20.5. The minimum atomic E-state index is -3.88. The molecule has 28 heavy (non-hydrogen) atoms. The summed E-state index contributed by atoms with van der Waals surface area (Å²) < 4.78 is 45.5. The zero-order valence-electron chi connectivity index (χ0n) is 14.8. The minimum Gasteiger partial charge on any atom is -0.360 e. The van der Waals surface area contributed by atoms with Gasteiger partial charge in [0.05, 0.1) is 5.02 Å². The Labute approximate surface area is 165 Å². The van der Waals surface area contributed by atoms with Crippen molar-refractivity contribution in [3.63, 3.8) is 0 Å². The molecule has 1 heterocycles. The largest absolute Gasteiger partial charge is 0.360 e. The van der Waals surface area contributed by atoms with Crippen molar-refractivity contribution in [1.82, 2.24) is 5.16 Å². The van der Waals surface area contributed by atoms with Crippen LogP contribution < -0.4 is 10.0 Å². The molecule has 1 amide bonds. The highest BCUT2D eigenvalue weighted by Gasteiger charge is 2.24. The lowest BCUT2D eigenvalue weighted by Gasteiger charge is -2.09. The minimum absolute atomic E-state index is 0.0255. The summed E-state index contributed by atoms with van der Waals surface area (Å²) in [4.78, 5) is 12.3. The molecule has 2 N–H and O–H groups in total. The lowest BCUT2D eigenvalue weighted by Crippen LogP contribution is -2.15. The summed E-state index contributed by atoms with van der Waals surface area (Å²) in [5.74, 6) is -0.864. The average molecular weight is 424 g/mol. The van der Waals surface area contributed by atoms with Crippen LogP contribution in [-0.2, 0) is 10.0 Å². The van der Waals surface area contributed by atoms with E-state index in [1.165, 1.54) is 50.2 Å². The van der Waals surface area contributed by atoms with Gasteiger partial charge in [0.15, 0.2) is 10.7 Å². The van der Waals surface area contributed by atoms with Gasteiger partial charge in [0.25, 0.3) is 15.9 Å². The number of hydrogen-bond donors (Lipinski definition) is 2. The number of carbonyl (C=O) groups is 1. The molecule has 0 spiro atoms. The number of rotatable bonds is 5. The molecule has 0 radical (unpaired) electrons. The monoisotopic (exact) mass is 423 g/mol. The van der Waals surface area contributed by atoms with Crippen LogP contribution in [-0.4, -0.2) is 19.5 Å². The first-order valence-corrected chi connectivity index (χ1v) is 9.85.